The molecule has 1 N–H and O–H groups in total. The third kappa shape index (κ3) is 4.53. The maximum atomic E-state index is 5.37. The molecule has 1 atom stereocenters. The summed E-state index contributed by atoms with van der Waals surface area (Å²) in [5, 5.41) is 7.89. The zero-order valence-corrected chi connectivity index (χ0v) is 12.4. The minimum atomic E-state index is 0.450. The molecule has 0 fully saturated rings. The second kappa shape index (κ2) is 8.23. The first-order chi connectivity index (χ1) is 7.79. The summed E-state index contributed by atoms with van der Waals surface area (Å²) in [6, 6.07) is 0.450. The summed E-state index contributed by atoms with van der Waals surface area (Å²) in [4.78, 5) is 0. The minimum Gasteiger partial charge on any atom is -0.382 e. The number of rotatable bonds is 8. The van der Waals surface area contributed by atoms with Crippen LogP contribution in [0.4, 0.5) is 0 Å². The lowest BCUT2D eigenvalue weighted by atomic mass is 10.1. The number of hydrogen-bond donors (Lipinski definition) is 1. The highest BCUT2D eigenvalue weighted by molar-refractivity contribution is 9.10. The summed E-state index contributed by atoms with van der Waals surface area (Å²) in [6.07, 6.45) is 2.23. The van der Waals surface area contributed by atoms with E-state index in [0.717, 1.165) is 32.6 Å². The maximum absolute atomic E-state index is 5.37. The SMILES string of the molecule is CCNC(CCCOCC)c1cscc1Br. The van der Waals surface area contributed by atoms with Gasteiger partial charge in [-0.3, -0.25) is 0 Å². The van der Waals surface area contributed by atoms with Gasteiger partial charge in [0.15, 0.2) is 0 Å². The van der Waals surface area contributed by atoms with Gasteiger partial charge in [-0.05, 0) is 53.2 Å². The van der Waals surface area contributed by atoms with E-state index in [1.165, 1.54) is 10.0 Å². The number of halogens is 1. The van der Waals surface area contributed by atoms with Crippen molar-refractivity contribution < 1.29 is 4.74 Å². The van der Waals surface area contributed by atoms with Crippen molar-refractivity contribution in [3.63, 3.8) is 0 Å². The predicted molar refractivity (Wildman–Crippen MR) is 74.2 cm³/mol. The van der Waals surface area contributed by atoms with Gasteiger partial charge in [-0.25, -0.2) is 0 Å². The van der Waals surface area contributed by atoms with E-state index in [-0.39, 0.29) is 0 Å². The van der Waals surface area contributed by atoms with Crippen LogP contribution in [-0.4, -0.2) is 19.8 Å². The average molecular weight is 306 g/mol. The fourth-order valence-corrected chi connectivity index (χ4v) is 3.32. The van der Waals surface area contributed by atoms with Crippen molar-refractivity contribution in [1.82, 2.24) is 5.32 Å². The Bertz CT molecular complexity index is 290. The monoisotopic (exact) mass is 305 g/mol. The summed E-state index contributed by atoms with van der Waals surface area (Å²) in [6.45, 7) is 6.86. The molecule has 1 unspecified atom stereocenters. The Morgan fingerprint density at radius 3 is 2.81 bits per heavy atom. The Morgan fingerprint density at radius 2 is 2.25 bits per heavy atom. The smallest absolute Gasteiger partial charge is 0.0466 e. The van der Waals surface area contributed by atoms with Crippen LogP contribution in [0.25, 0.3) is 0 Å². The number of ether oxygens (including phenoxy) is 1. The van der Waals surface area contributed by atoms with Gasteiger partial charge in [-0.1, -0.05) is 6.92 Å². The highest BCUT2D eigenvalue weighted by Gasteiger charge is 2.13. The van der Waals surface area contributed by atoms with Crippen molar-refractivity contribution in [3.05, 3.63) is 20.8 Å². The molecular formula is C12H20BrNOS. The molecule has 0 spiro atoms. The quantitative estimate of drug-likeness (QED) is 0.734. The molecule has 0 aliphatic heterocycles. The Morgan fingerprint density at radius 1 is 1.44 bits per heavy atom. The normalized spacial score (nSPS) is 12.9. The molecule has 16 heavy (non-hydrogen) atoms. The van der Waals surface area contributed by atoms with Crippen LogP contribution in [0, 0.1) is 0 Å². The Hall–Kier alpha value is 0.100. The maximum Gasteiger partial charge on any atom is 0.0466 e. The largest absolute Gasteiger partial charge is 0.382 e. The van der Waals surface area contributed by atoms with Gasteiger partial charge in [0.25, 0.3) is 0 Å². The summed E-state index contributed by atoms with van der Waals surface area (Å²) in [7, 11) is 0. The molecule has 0 aliphatic rings. The lowest BCUT2D eigenvalue weighted by Crippen LogP contribution is -2.21. The minimum absolute atomic E-state index is 0.450. The molecule has 0 amide bonds. The first-order valence-corrected chi connectivity index (χ1v) is 7.55. The van der Waals surface area contributed by atoms with Gasteiger partial charge in [-0.15, -0.1) is 0 Å². The van der Waals surface area contributed by atoms with Crippen molar-refractivity contribution in [3.8, 4) is 0 Å². The van der Waals surface area contributed by atoms with Crippen LogP contribution in [0.3, 0.4) is 0 Å². The van der Waals surface area contributed by atoms with Crippen molar-refractivity contribution in [1.29, 1.82) is 0 Å². The van der Waals surface area contributed by atoms with Gasteiger partial charge in [-0.2, -0.15) is 11.3 Å². The second-order valence-electron chi connectivity index (χ2n) is 3.62. The van der Waals surface area contributed by atoms with E-state index in [4.69, 9.17) is 4.74 Å². The molecule has 1 aromatic rings. The molecule has 1 heterocycles. The number of nitrogens with one attached hydrogen (secondary N) is 1. The van der Waals surface area contributed by atoms with Gasteiger partial charge in [0, 0.05) is 29.1 Å². The van der Waals surface area contributed by atoms with Gasteiger partial charge < -0.3 is 10.1 Å². The standard InChI is InChI=1S/C12H20BrNOS/c1-3-14-12(6-5-7-15-4-2)10-8-16-9-11(10)13/h8-9,12,14H,3-7H2,1-2H3. The third-order valence-electron chi connectivity index (χ3n) is 2.45. The van der Waals surface area contributed by atoms with Crippen LogP contribution in [0.1, 0.15) is 38.3 Å². The van der Waals surface area contributed by atoms with E-state index >= 15 is 0 Å². The van der Waals surface area contributed by atoms with Crippen LogP contribution in [0.15, 0.2) is 15.2 Å². The van der Waals surface area contributed by atoms with E-state index in [9.17, 15) is 0 Å². The van der Waals surface area contributed by atoms with E-state index in [2.05, 4.69) is 38.9 Å². The molecule has 1 rings (SSSR count). The Kier molecular flexibility index (Phi) is 7.28. The molecule has 2 nitrogen and oxygen atoms in total. The second-order valence-corrected chi connectivity index (χ2v) is 5.22. The summed E-state index contributed by atoms with van der Waals surface area (Å²) < 4.78 is 6.59. The lowest BCUT2D eigenvalue weighted by Gasteiger charge is -2.17. The van der Waals surface area contributed by atoms with E-state index < -0.39 is 0 Å². The molecule has 4 heteroatoms. The zero-order valence-electron chi connectivity index (χ0n) is 9.96. The first kappa shape index (κ1) is 14.2. The fourth-order valence-electron chi connectivity index (χ4n) is 1.69. The third-order valence-corrected chi connectivity index (χ3v) is 4.21. The molecule has 0 saturated heterocycles. The topological polar surface area (TPSA) is 21.3 Å². The molecule has 0 saturated carbocycles. The summed E-state index contributed by atoms with van der Waals surface area (Å²) in [5.74, 6) is 0. The molecule has 92 valence electrons. The van der Waals surface area contributed by atoms with Crippen molar-refractivity contribution in [2.75, 3.05) is 19.8 Å². The van der Waals surface area contributed by atoms with Crippen molar-refractivity contribution in [2.24, 2.45) is 0 Å². The van der Waals surface area contributed by atoms with Crippen LogP contribution in [0.2, 0.25) is 0 Å². The molecule has 1 aromatic heterocycles. The van der Waals surface area contributed by atoms with Gasteiger partial charge in [0.1, 0.15) is 0 Å². The molecule has 0 aliphatic carbocycles. The van der Waals surface area contributed by atoms with Crippen LogP contribution in [0.5, 0.6) is 0 Å². The molecular weight excluding hydrogens is 286 g/mol. The highest BCUT2D eigenvalue weighted by atomic mass is 79.9. The van der Waals surface area contributed by atoms with E-state index in [1.807, 2.05) is 6.92 Å². The van der Waals surface area contributed by atoms with Crippen molar-refractivity contribution in [2.45, 2.75) is 32.7 Å². The number of hydrogen-bond acceptors (Lipinski definition) is 3. The fraction of sp³-hybridized carbons (Fsp3) is 0.667. The van der Waals surface area contributed by atoms with Gasteiger partial charge >= 0.3 is 0 Å². The Balaban J connectivity index is 2.45. The highest BCUT2D eigenvalue weighted by Crippen LogP contribution is 2.29. The molecule has 0 radical (unpaired) electrons. The lowest BCUT2D eigenvalue weighted by molar-refractivity contribution is 0.141. The van der Waals surface area contributed by atoms with Crippen LogP contribution >= 0.6 is 27.3 Å². The van der Waals surface area contributed by atoms with Crippen LogP contribution < -0.4 is 5.32 Å². The Labute approximate surface area is 111 Å². The van der Waals surface area contributed by atoms with Crippen molar-refractivity contribution >= 4 is 27.3 Å². The zero-order chi connectivity index (χ0) is 11.8. The van der Waals surface area contributed by atoms with Gasteiger partial charge in [0.2, 0.25) is 0 Å². The number of thiophene rings is 1. The van der Waals surface area contributed by atoms with Gasteiger partial charge in [0.05, 0.1) is 0 Å². The van der Waals surface area contributed by atoms with Crippen LogP contribution in [-0.2, 0) is 4.74 Å². The van der Waals surface area contributed by atoms with E-state index in [0.29, 0.717) is 6.04 Å². The summed E-state index contributed by atoms with van der Waals surface area (Å²) in [5.41, 5.74) is 1.38. The first-order valence-electron chi connectivity index (χ1n) is 5.82. The molecule has 0 bridgehead atoms. The predicted octanol–water partition coefficient (Wildman–Crippen LogP) is 3.98. The molecule has 0 aromatic carbocycles. The van der Waals surface area contributed by atoms with E-state index in [1.54, 1.807) is 11.3 Å². The summed E-state index contributed by atoms with van der Waals surface area (Å²) >= 11 is 5.34. The average Bonchev–Trinajstić information content (AvgIpc) is 2.69.